The number of carbonyl (C=O) groups excluding carboxylic acids is 3. The van der Waals surface area contributed by atoms with Crippen molar-refractivity contribution in [1.29, 1.82) is 0 Å². The van der Waals surface area contributed by atoms with Crippen molar-refractivity contribution >= 4 is 17.7 Å². The number of aliphatic hydroxyl groups excluding tert-OH is 2. The zero-order valence-corrected chi connectivity index (χ0v) is 11.8. The zero-order chi connectivity index (χ0) is 15.4. The largest absolute Gasteiger partial charge is 0.391 e. The first-order chi connectivity index (χ1) is 9.27. The maximum atomic E-state index is 12.4. The van der Waals surface area contributed by atoms with Crippen LogP contribution in [0.2, 0.25) is 0 Å². The number of β-amino-alcohol motifs (C(OH)–C–C–N with tert-alkyl or cyclic N) is 1. The van der Waals surface area contributed by atoms with Crippen molar-refractivity contribution in [3.05, 3.63) is 0 Å². The van der Waals surface area contributed by atoms with Crippen LogP contribution in [0.4, 0.5) is 0 Å². The molecule has 0 aliphatic carbocycles. The second-order valence-electron chi connectivity index (χ2n) is 4.93. The molecule has 114 valence electrons. The number of likely N-dealkylation sites (N-methyl/N-ethyl adjacent to an activating group) is 1. The fourth-order valence-corrected chi connectivity index (χ4v) is 2.26. The summed E-state index contributed by atoms with van der Waals surface area (Å²) in [5.41, 5.74) is 0. The fraction of sp³-hybridized carbons (Fsp3) is 0.750. The van der Waals surface area contributed by atoms with Gasteiger partial charge in [0.15, 0.2) is 0 Å². The summed E-state index contributed by atoms with van der Waals surface area (Å²) in [4.78, 5) is 36.4. The molecule has 1 aliphatic rings. The predicted octanol–water partition coefficient (Wildman–Crippen LogP) is -2.42. The molecule has 1 rings (SSSR count). The highest BCUT2D eigenvalue weighted by Crippen LogP contribution is 2.19. The Balaban J connectivity index is 2.91. The van der Waals surface area contributed by atoms with Crippen LogP contribution in [-0.4, -0.2) is 70.7 Å². The minimum atomic E-state index is -1.13. The molecular formula is C12H21N3O5. The molecule has 0 radical (unpaired) electrons. The normalized spacial score (nSPS) is 24.9. The Morgan fingerprint density at radius 1 is 1.35 bits per heavy atom. The Labute approximate surface area is 117 Å². The average Bonchev–Trinajstić information content (AvgIpc) is 2.75. The van der Waals surface area contributed by atoms with Gasteiger partial charge in [0.1, 0.15) is 12.1 Å². The number of nitrogens with one attached hydrogen (secondary N) is 2. The second-order valence-corrected chi connectivity index (χ2v) is 4.93. The lowest BCUT2D eigenvalue weighted by molar-refractivity contribution is -0.143. The lowest BCUT2D eigenvalue weighted by Crippen LogP contribution is -2.56. The molecule has 0 bridgehead atoms. The van der Waals surface area contributed by atoms with E-state index in [0.717, 1.165) is 0 Å². The van der Waals surface area contributed by atoms with Crippen molar-refractivity contribution < 1.29 is 24.6 Å². The third-order valence-electron chi connectivity index (χ3n) is 3.22. The number of likely N-dealkylation sites (tertiary alicyclic amines) is 1. The van der Waals surface area contributed by atoms with Crippen molar-refractivity contribution in [2.24, 2.45) is 0 Å². The topological polar surface area (TPSA) is 119 Å². The van der Waals surface area contributed by atoms with Gasteiger partial charge in [-0.05, 0) is 6.92 Å². The summed E-state index contributed by atoms with van der Waals surface area (Å²) in [5, 5.41) is 24.0. The van der Waals surface area contributed by atoms with Gasteiger partial charge in [0, 0.05) is 26.9 Å². The third-order valence-corrected chi connectivity index (χ3v) is 3.22. The Hall–Kier alpha value is -1.67. The summed E-state index contributed by atoms with van der Waals surface area (Å²) in [7, 11) is 1.44. The molecule has 1 fully saturated rings. The number of carbonyl (C=O) groups is 3. The molecular weight excluding hydrogens is 266 g/mol. The Bertz CT molecular complexity index is 399. The van der Waals surface area contributed by atoms with Gasteiger partial charge in [0.2, 0.25) is 17.7 Å². The van der Waals surface area contributed by atoms with Gasteiger partial charge in [0.25, 0.3) is 0 Å². The van der Waals surface area contributed by atoms with E-state index in [-0.39, 0.29) is 18.9 Å². The van der Waals surface area contributed by atoms with Gasteiger partial charge in [-0.25, -0.2) is 0 Å². The van der Waals surface area contributed by atoms with E-state index in [2.05, 4.69) is 10.6 Å². The Morgan fingerprint density at radius 2 is 1.95 bits per heavy atom. The first-order valence-corrected chi connectivity index (χ1v) is 6.43. The molecule has 0 spiro atoms. The van der Waals surface area contributed by atoms with Gasteiger partial charge in [-0.3, -0.25) is 14.4 Å². The lowest BCUT2D eigenvalue weighted by atomic mass is 10.1. The molecule has 8 heteroatoms. The van der Waals surface area contributed by atoms with E-state index in [4.69, 9.17) is 0 Å². The van der Waals surface area contributed by atoms with Gasteiger partial charge in [-0.15, -0.1) is 0 Å². The smallest absolute Gasteiger partial charge is 0.248 e. The van der Waals surface area contributed by atoms with E-state index in [1.807, 2.05) is 0 Å². The zero-order valence-electron chi connectivity index (χ0n) is 11.8. The summed E-state index contributed by atoms with van der Waals surface area (Å²) in [6.45, 7) is 2.61. The third kappa shape index (κ3) is 3.67. The van der Waals surface area contributed by atoms with Crippen LogP contribution in [0.5, 0.6) is 0 Å². The SMILES string of the molecule is CNC(=O)[C@@H]1C[C@@H](O)CN1C(=O)[C@@H](NC(C)=O)[C@@H](C)O. The maximum Gasteiger partial charge on any atom is 0.248 e. The first kappa shape index (κ1) is 16.4. The Kier molecular flexibility index (Phi) is 5.46. The molecule has 3 amide bonds. The minimum absolute atomic E-state index is 0.000273. The summed E-state index contributed by atoms with van der Waals surface area (Å²) in [5.74, 6) is -1.43. The number of rotatable bonds is 4. The van der Waals surface area contributed by atoms with Crippen LogP contribution in [0.25, 0.3) is 0 Å². The molecule has 0 saturated carbocycles. The molecule has 1 aliphatic heterocycles. The minimum Gasteiger partial charge on any atom is -0.391 e. The van der Waals surface area contributed by atoms with Gasteiger partial charge >= 0.3 is 0 Å². The molecule has 1 saturated heterocycles. The van der Waals surface area contributed by atoms with E-state index in [0.29, 0.717) is 0 Å². The van der Waals surface area contributed by atoms with Gasteiger partial charge in [-0.1, -0.05) is 0 Å². The number of amides is 3. The summed E-state index contributed by atoms with van der Waals surface area (Å²) in [6.07, 6.45) is -1.76. The van der Waals surface area contributed by atoms with Crippen LogP contribution in [0.15, 0.2) is 0 Å². The number of hydrogen-bond acceptors (Lipinski definition) is 5. The maximum absolute atomic E-state index is 12.4. The predicted molar refractivity (Wildman–Crippen MR) is 69.5 cm³/mol. The first-order valence-electron chi connectivity index (χ1n) is 6.43. The number of nitrogens with zero attached hydrogens (tertiary/aromatic N) is 1. The van der Waals surface area contributed by atoms with Gasteiger partial charge < -0.3 is 25.7 Å². The molecule has 8 nitrogen and oxygen atoms in total. The summed E-state index contributed by atoms with van der Waals surface area (Å²) < 4.78 is 0. The van der Waals surface area contributed by atoms with Crippen molar-refractivity contribution in [1.82, 2.24) is 15.5 Å². The summed E-state index contributed by atoms with van der Waals surface area (Å²) in [6, 6.07) is -1.93. The van der Waals surface area contributed by atoms with Crippen LogP contribution in [0.3, 0.4) is 0 Å². The van der Waals surface area contributed by atoms with Crippen LogP contribution in [0.1, 0.15) is 20.3 Å². The monoisotopic (exact) mass is 287 g/mol. The molecule has 20 heavy (non-hydrogen) atoms. The molecule has 0 aromatic rings. The second kappa shape index (κ2) is 6.67. The fourth-order valence-electron chi connectivity index (χ4n) is 2.26. The van der Waals surface area contributed by atoms with Crippen LogP contribution in [0, 0.1) is 0 Å². The van der Waals surface area contributed by atoms with E-state index >= 15 is 0 Å². The molecule has 0 unspecified atom stereocenters. The van der Waals surface area contributed by atoms with Crippen molar-refractivity contribution in [2.45, 2.75) is 44.6 Å². The quantitative estimate of drug-likeness (QED) is 0.459. The molecule has 4 N–H and O–H groups in total. The lowest BCUT2D eigenvalue weighted by Gasteiger charge is -2.29. The van der Waals surface area contributed by atoms with E-state index < -0.39 is 36.1 Å². The van der Waals surface area contributed by atoms with Gasteiger partial charge in [0.05, 0.1) is 12.2 Å². The van der Waals surface area contributed by atoms with E-state index in [9.17, 15) is 24.6 Å². The van der Waals surface area contributed by atoms with Crippen molar-refractivity contribution in [3.8, 4) is 0 Å². The molecule has 1 heterocycles. The highest BCUT2D eigenvalue weighted by atomic mass is 16.3. The Morgan fingerprint density at radius 3 is 2.40 bits per heavy atom. The highest BCUT2D eigenvalue weighted by Gasteiger charge is 2.42. The molecule has 0 aromatic heterocycles. The highest BCUT2D eigenvalue weighted by molar-refractivity contribution is 5.92. The number of hydrogen-bond donors (Lipinski definition) is 4. The average molecular weight is 287 g/mol. The molecule has 4 atom stereocenters. The van der Waals surface area contributed by atoms with Crippen LogP contribution < -0.4 is 10.6 Å². The standard InChI is InChI=1S/C12H21N3O5/c1-6(16)10(14-7(2)17)12(20)15-5-8(18)4-9(15)11(19)13-3/h6,8-10,16,18H,4-5H2,1-3H3,(H,13,19)(H,14,17)/t6-,8-,9+,10+/m1/s1. The van der Waals surface area contributed by atoms with Crippen LogP contribution in [-0.2, 0) is 14.4 Å². The van der Waals surface area contributed by atoms with Crippen molar-refractivity contribution in [3.63, 3.8) is 0 Å². The number of aliphatic hydroxyl groups is 2. The molecule has 0 aromatic carbocycles. The van der Waals surface area contributed by atoms with E-state index in [1.165, 1.54) is 25.8 Å². The van der Waals surface area contributed by atoms with Gasteiger partial charge in [-0.2, -0.15) is 0 Å². The summed E-state index contributed by atoms with van der Waals surface area (Å²) >= 11 is 0. The van der Waals surface area contributed by atoms with Crippen molar-refractivity contribution in [2.75, 3.05) is 13.6 Å². The van der Waals surface area contributed by atoms with Crippen LogP contribution >= 0.6 is 0 Å². The van der Waals surface area contributed by atoms with E-state index in [1.54, 1.807) is 0 Å².